The molecule has 2 aromatic rings. The molecule has 1 saturated heterocycles. The van der Waals surface area contributed by atoms with Crippen molar-refractivity contribution in [1.29, 1.82) is 0 Å². The van der Waals surface area contributed by atoms with Crippen molar-refractivity contribution in [3.63, 3.8) is 0 Å². The van der Waals surface area contributed by atoms with E-state index >= 15 is 0 Å². The van der Waals surface area contributed by atoms with Crippen molar-refractivity contribution in [1.82, 2.24) is 5.32 Å². The zero-order valence-corrected chi connectivity index (χ0v) is 18.0. The maximum absolute atomic E-state index is 12.9. The van der Waals surface area contributed by atoms with Crippen LogP contribution in [0.4, 0.5) is 11.4 Å². The summed E-state index contributed by atoms with van der Waals surface area (Å²) in [6, 6.07) is 14.2. The lowest BCUT2D eigenvalue weighted by molar-refractivity contribution is -0.122. The van der Waals surface area contributed by atoms with E-state index in [1.54, 1.807) is 53.4 Å². The molecule has 0 spiro atoms. The Bertz CT molecular complexity index is 988. The summed E-state index contributed by atoms with van der Waals surface area (Å²) >= 11 is 6.04. The van der Waals surface area contributed by atoms with Crippen LogP contribution in [0.1, 0.15) is 48.9 Å². The third kappa shape index (κ3) is 5.07. The van der Waals surface area contributed by atoms with Crippen LogP contribution in [0.3, 0.4) is 0 Å². The van der Waals surface area contributed by atoms with E-state index in [1.807, 2.05) is 0 Å². The molecule has 2 aromatic carbocycles. The summed E-state index contributed by atoms with van der Waals surface area (Å²) in [5, 5.41) is 6.50. The number of anilines is 2. The van der Waals surface area contributed by atoms with Crippen LogP contribution < -0.4 is 15.5 Å². The Morgan fingerprint density at radius 2 is 1.77 bits per heavy atom. The van der Waals surface area contributed by atoms with E-state index in [4.69, 9.17) is 11.6 Å². The lowest BCUT2D eigenvalue weighted by Crippen LogP contribution is -2.36. The number of hydrogen-bond donors (Lipinski definition) is 2. The molecule has 7 heteroatoms. The van der Waals surface area contributed by atoms with E-state index in [0.717, 1.165) is 25.7 Å². The molecule has 2 fully saturated rings. The van der Waals surface area contributed by atoms with E-state index in [9.17, 15) is 14.4 Å². The van der Waals surface area contributed by atoms with E-state index in [2.05, 4.69) is 10.6 Å². The minimum absolute atomic E-state index is 0.120. The molecule has 2 N–H and O–H groups in total. The molecular formula is C24H26ClN3O3. The third-order valence-electron chi connectivity index (χ3n) is 5.99. The molecule has 31 heavy (non-hydrogen) atoms. The molecule has 1 saturated carbocycles. The second-order valence-corrected chi connectivity index (χ2v) is 8.66. The molecule has 1 aliphatic carbocycles. The Labute approximate surface area is 187 Å². The SMILES string of the molecule is O=C(NC1CCCCC1)c1ccccc1NC(=O)[C@H]1CC(=O)N(c2cccc(Cl)c2)C1. The molecule has 0 unspecified atom stereocenters. The van der Waals surface area contributed by atoms with Gasteiger partial charge in [0.05, 0.1) is 17.2 Å². The Morgan fingerprint density at radius 3 is 2.55 bits per heavy atom. The fourth-order valence-electron chi connectivity index (χ4n) is 4.31. The fraction of sp³-hybridized carbons (Fsp3) is 0.375. The van der Waals surface area contributed by atoms with E-state index in [1.165, 1.54) is 6.42 Å². The molecular weight excluding hydrogens is 414 g/mol. The van der Waals surface area contributed by atoms with Crippen molar-refractivity contribution < 1.29 is 14.4 Å². The molecule has 162 valence electrons. The quantitative estimate of drug-likeness (QED) is 0.725. The van der Waals surface area contributed by atoms with Gasteiger partial charge in [-0.05, 0) is 43.2 Å². The molecule has 1 atom stereocenters. The first kappa shape index (κ1) is 21.4. The first-order chi connectivity index (χ1) is 15.0. The van der Waals surface area contributed by atoms with Crippen molar-refractivity contribution in [2.45, 2.75) is 44.6 Å². The number of nitrogens with zero attached hydrogens (tertiary/aromatic N) is 1. The van der Waals surface area contributed by atoms with Crippen molar-refractivity contribution in [2.24, 2.45) is 5.92 Å². The fourth-order valence-corrected chi connectivity index (χ4v) is 4.50. The second-order valence-electron chi connectivity index (χ2n) is 8.23. The van der Waals surface area contributed by atoms with Gasteiger partial charge in [-0.3, -0.25) is 14.4 Å². The van der Waals surface area contributed by atoms with Gasteiger partial charge in [-0.2, -0.15) is 0 Å². The molecule has 1 heterocycles. The number of halogens is 1. The molecule has 4 rings (SSSR count). The predicted molar refractivity (Wildman–Crippen MR) is 121 cm³/mol. The largest absolute Gasteiger partial charge is 0.349 e. The minimum atomic E-state index is -0.499. The highest BCUT2D eigenvalue weighted by Crippen LogP contribution is 2.28. The Balaban J connectivity index is 1.43. The smallest absolute Gasteiger partial charge is 0.253 e. The lowest BCUT2D eigenvalue weighted by Gasteiger charge is -2.23. The number of carbonyl (C=O) groups is 3. The van der Waals surface area contributed by atoms with Crippen molar-refractivity contribution in [2.75, 3.05) is 16.8 Å². The lowest BCUT2D eigenvalue weighted by atomic mass is 9.95. The third-order valence-corrected chi connectivity index (χ3v) is 6.22. The Morgan fingerprint density at radius 1 is 1.00 bits per heavy atom. The number of para-hydroxylation sites is 1. The van der Waals surface area contributed by atoms with Gasteiger partial charge in [0.25, 0.3) is 5.91 Å². The van der Waals surface area contributed by atoms with Crippen LogP contribution in [0.5, 0.6) is 0 Å². The van der Waals surface area contributed by atoms with Gasteiger partial charge in [0.2, 0.25) is 11.8 Å². The summed E-state index contributed by atoms with van der Waals surface area (Å²) in [4.78, 5) is 39.8. The van der Waals surface area contributed by atoms with Crippen molar-refractivity contribution in [3.8, 4) is 0 Å². The Hall–Kier alpha value is -2.86. The summed E-state index contributed by atoms with van der Waals surface area (Å²) in [6.07, 6.45) is 5.57. The van der Waals surface area contributed by atoms with Crippen LogP contribution in [0.25, 0.3) is 0 Å². The van der Waals surface area contributed by atoms with Gasteiger partial charge >= 0.3 is 0 Å². The molecule has 0 bridgehead atoms. The molecule has 1 aliphatic heterocycles. The van der Waals surface area contributed by atoms with Gasteiger partial charge in [0.15, 0.2) is 0 Å². The number of carbonyl (C=O) groups excluding carboxylic acids is 3. The van der Waals surface area contributed by atoms with Crippen LogP contribution in [0.15, 0.2) is 48.5 Å². The van der Waals surface area contributed by atoms with Crippen LogP contribution in [-0.2, 0) is 9.59 Å². The second kappa shape index (κ2) is 9.52. The number of hydrogen-bond acceptors (Lipinski definition) is 3. The van der Waals surface area contributed by atoms with Crippen molar-refractivity contribution in [3.05, 3.63) is 59.1 Å². The van der Waals surface area contributed by atoms with E-state index < -0.39 is 5.92 Å². The van der Waals surface area contributed by atoms with Crippen LogP contribution in [0, 0.1) is 5.92 Å². The average molecular weight is 440 g/mol. The number of rotatable bonds is 5. The van der Waals surface area contributed by atoms with Crippen LogP contribution in [0.2, 0.25) is 5.02 Å². The maximum atomic E-state index is 12.9. The van der Waals surface area contributed by atoms with E-state index in [-0.39, 0.29) is 36.7 Å². The normalized spacial score (nSPS) is 19.3. The highest BCUT2D eigenvalue weighted by Gasteiger charge is 2.35. The minimum Gasteiger partial charge on any atom is -0.349 e. The molecule has 6 nitrogen and oxygen atoms in total. The van der Waals surface area contributed by atoms with Crippen LogP contribution in [-0.4, -0.2) is 30.3 Å². The highest BCUT2D eigenvalue weighted by atomic mass is 35.5. The average Bonchev–Trinajstić information content (AvgIpc) is 3.16. The van der Waals surface area contributed by atoms with Gasteiger partial charge < -0.3 is 15.5 Å². The van der Waals surface area contributed by atoms with E-state index in [0.29, 0.717) is 22.0 Å². The molecule has 0 radical (unpaired) electrons. The van der Waals surface area contributed by atoms with Gasteiger partial charge in [-0.1, -0.05) is 49.1 Å². The topological polar surface area (TPSA) is 78.5 Å². The van der Waals surface area contributed by atoms with Gasteiger partial charge in [-0.15, -0.1) is 0 Å². The zero-order chi connectivity index (χ0) is 21.8. The van der Waals surface area contributed by atoms with Crippen LogP contribution >= 0.6 is 11.6 Å². The zero-order valence-electron chi connectivity index (χ0n) is 17.3. The molecule has 0 aromatic heterocycles. The number of benzene rings is 2. The predicted octanol–water partition coefficient (Wildman–Crippen LogP) is 4.39. The van der Waals surface area contributed by atoms with Gasteiger partial charge in [0, 0.05) is 29.7 Å². The first-order valence-corrected chi connectivity index (χ1v) is 11.2. The highest BCUT2D eigenvalue weighted by molar-refractivity contribution is 6.31. The van der Waals surface area contributed by atoms with Gasteiger partial charge in [-0.25, -0.2) is 0 Å². The molecule has 2 aliphatic rings. The summed E-state index contributed by atoms with van der Waals surface area (Å²) < 4.78 is 0. The summed E-state index contributed by atoms with van der Waals surface area (Å²) in [7, 11) is 0. The standard InChI is InChI=1S/C24H26ClN3O3/c25-17-7-6-10-19(14-17)28-15-16(13-22(28)29)23(30)27-21-12-5-4-11-20(21)24(31)26-18-8-2-1-3-9-18/h4-7,10-12,14,16,18H,1-3,8-9,13,15H2,(H,26,31)(H,27,30)/t16-/m0/s1. The summed E-state index contributed by atoms with van der Waals surface area (Å²) in [5.74, 6) is -1.06. The first-order valence-electron chi connectivity index (χ1n) is 10.8. The van der Waals surface area contributed by atoms with Gasteiger partial charge in [0.1, 0.15) is 0 Å². The number of amides is 3. The summed E-state index contributed by atoms with van der Waals surface area (Å²) in [6.45, 7) is 0.279. The van der Waals surface area contributed by atoms with Crippen molar-refractivity contribution >= 4 is 40.7 Å². The molecule has 3 amide bonds. The number of nitrogens with one attached hydrogen (secondary N) is 2. The Kier molecular flexibility index (Phi) is 6.56. The maximum Gasteiger partial charge on any atom is 0.253 e. The summed E-state index contributed by atoms with van der Waals surface area (Å²) in [5.41, 5.74) is 1.59. The monoisotopic (exact) mass is 439 g/mol.